The first kappa shape index (κ1) is 21.0. The van der Waals surface area contributed by atoms with Crippen LogP contribution in [-0.2, 0) is 17.5 Å². The highest BCUT2D eigenvalue weighted by atomic mass is 32.2. The molecular weight excluding hydrogens is 417 g/mol. The molecule has 3 heterocycles. The average Bonchev–Trinajstić information content (AvgIpc) is 3.14. The summed E-state index contributed by atoms with van der Waals surface area (Å²) in [5.41, 5.74) is 0.321. The van der Waals surface area contributed by atoms with Gasteiger partial charge < -0.3 is 5.11 Å². The maximum atomic E-state index is 13.3. The number of likely N-dealkylation sites (tertiary alicyclic amines) is 1. The maximum Gasteiger partial charge on any atom is 0.416 e. The number of carboxylic acid groups (broad SMARTS) is 1. The molecule has 160 valence electrons. The number of pyridine rings is 1. The van der Waals surface area contributed by atoms with Gasteiger partial charge in [0.25, 0.3) is 5.56 Å². The van der Waals surface area contributed by atoms with Crippen molar-refractivity contribution in [2.24, 2.45) is 0 Å². The zero-order chi connectivity index (χ0) is 21.5. The molecule has 5 nitrogen and oxygen atoms in total. The van der Waals surface area contributed by atoms with Gasteiger partial charge in [0.15, 0.2) is 0 Å². The molecule has 0 bridgehead atoms. The van der Waals surface area contributed by atoms with E-state index in [1.54, 1.807) is 6.07 Å². The van der Waals surface area contributed by atoms with Crippen molar-refractivity contribution in [1.29, 1.82) is 0 Å². The Balaban J connectivity index is 1.88. The monoisotopic (exact) mass is 438 g/mol. The first-order valence-corrected chi connectivity index (χ1v) is 10.8. The van der Waals surface area contributed by atoms with Crippen molar-refractivity contribution < 1.29 is 23.1 Å². The first-order valence-electron chi connectivity index (χ1n) is 9.79. The fraction of sp³-hybridized carbons (Fsp3) is 0.429. The normalized spacial score (nSPS) is 19.6. The number of thioether (sulfide) groups is 1. The summed E-state index contributed by atoms with van der Waals surface area (Å²) in [6.45, 7) is 2.18. The van der Waals surface area contributed by atoms with Gasteiger partial charge in [-0.05, 0) is 49.2 Å². The third kappa shape index (κ3) is 4.00. The van der Waals surface area contributed by atoms with Crippen LogP contribution in [0.15, 0.2) is 40.2 Å². The molecule has 2 aliphatic heterocycles. The quantitative estimate of drug-likeness (QED) is 0.773. The van der Waals surface area contributed by atoms with Crippen LogP contribution in [0.25, 0.3) is 11.1 Å². The SMILES string of the molecule is O=C(O)[C@@H]1CSc2c(-c3cccc(C(F)(F)F)c3)c(CN3CCCCC3)cc(=O)n21. The van der Waals surface area contributed by atoms with Gasteiger partial charge in [-0.15, -0.1) is 11.8 Å². The van der Waals surface area contributed by atoms with Gasteiger partial charge in [0.05, 0.1) is 10.6 Å². The molecular formula is C21H21F3N2O3S. The predicted molar refractivity (Wildman–Crippen MR) is 108 cm³/mol. The standard InChI is InChI=1S/C21H21F3N2O3S/c22-21(23,24)15-6-4-5-13(9-15)18-14(11-25-7-2-1-3-8-25)10-17(27)26-16(20(28)29)12-30-19(18)26/h4-6,9-10,16H,1-3,7-8,11-12H2,(H,28,29)/t16-/m0/s1. The molecule has 1 aromatic heterocycles. The van der Waals surface area contributed by atoms with E-state index in [4.69, 9.17) is 0 Å². The number of piperidine rings is 1. The molecule has 1 atom stereocenters. The Morgan fingerprint density at radius 3 is 2.57 bits per heavy atom. The number of hydrogen-bond acceptors (Lipinski definition) is 4. The van der Waals surface area contributed by atoms with Gasteiger partial charge >= 0.3 is 12.1 Å². The highest BCUT2D eigenvalue weighted by Gasteiger charge is 2.35. The van der Waals surface area contributed by atoms with E-state index >= 15 is 0 Å². The third-order valence-electron chi connectivity index (χ3n) is 5.58. The van der Waals surface area contributed by atoms with E-state index < -0.39 is 29.3 Å². The molecule has 0 unspecified atom stereocenters. The Labute approximate surface area is 175 Å². The highest BCUT2D eigenvalue weighted by molar-refractivity contribution is 7.99. The largest absolute Gasteiger partial charge is 0.480 e. The van der Waals surface area contributed by atoms with E-state index in [1.165, 1.54) is 28.5 Å². The van der Waals surface area contributed by atoms with Crippen molar-refractivity contribution in [3.8, 4) is 11.1 Å². The second-order valence-corrected chi connectivity index (χ2v) is 8.65. The Morgan fingerprint density at radius 2 is 1.90 bits per heavy atom. The molecule has 0 spiro atoms. The molecule has 9 heteroatoms. The number of halogens is 3. The van der Waals surface area contributed by atoms with E-state index in [1.807, 2.05) is 0 Å². The first-order chi connectivity index (χ1) is 14.3. The van der Waals surface area contributed by atoms with Gasteiger partial charge in [-0.3, -0.25) is 14.3 Å². The molecule has 2 aromatic rings. The number of aliphatic carboxylic acids is 1. The summed E-state index contributed by atoms with van der Waals surface area (Å²) >= 11 is 1.21. The van der Waals surface area contributed by atoms with E-state index in [0.717, 1.165) is 44.5 Å². The van der Waals surface area contributed by atoms with Gasteiger partial charge in [0, 0.05) is 23.9 Å². The average molecular weight is 438 g/mol. The molecule has 0 aliphatic carbocycles. The number of nitrogens with zero attached hydrogens (tertiary/aromatic N) is 2. The van der Waals surface area contributed by atoms with Gasteiger partial charge in [0.2, 0.25) is 0 Å². The minimum absolute atomic E-state index is 0.170. The summed E-state index contributed by atoms with van der Waals surface area (Å²) in [7, 11) is 0. The maximum absolute atomic E-state index is 13.3. The van der Waals surface area contributed by atoms with Crippen LogP contribution in [0, 0.1) is 0 Å². The molecule has 0 saturated carbocycles. The van der Waals surface area contributed by atoms with E-state index in [0.29, 0.717) is 28.3 Å². The molecule has 4 rings (SSSR count). The molecule has 1 aromatic carbocycles. The molecule has 1 saturated heterocycles. The number of benzene rings is 1. The van der Waals surface area contributed by atoms with E-state index in [2.05, 4.69) is 4.90 Å². The van der Waals surface area contributed by atoms with Crippen molar-refractivity contribution in [2.45, 2.75) is 43.1 Å². The Morgan fingerprint density at radius 1 is 1.17 bits per heavy atom. The Kier molecular flexibility index (Phi) is 5.67. The Bertz CT molecular complexity index is 1030. The number of hydrogen-bond donors (Lipinski definition) is 1. The van der Waals surface area contributed by atoms with Crippen LogP contribution in [0.2, 0.25) is 0 Å². The highest BCUT2D eigenvalue weighted by Crippen LogP contribution is 2.42. The van der Waals surface area contributed by atoms with Crippen LogP contribution in [0.4, 0.5) is 13.2 Å². The second kappa shape index (κ2) is 8.11. The number of carbonyl (C=O) groups is 1. The number of fused-ring (bicyclic) bond motifs is 1. The second-order valence-electron chi connectivity index (χ2n) is 7.64. The van der Waals surface area contributed by atoms with Crippen LogP contribution in [0.5, 0.6) is 0 Å². The van der Waals surface area contributed by atoms with Gasteiger partial charge in [-0.1, -0.05) is 18.6 Å². The molecule has 0 radical (unpaired) electrons. The number of alkyl halides is 3. The van der Waals surface area contributed by atoms with Crippen molar-refractivity contribution in [3.63, 3.8) is 0 Å². The fourth-order valence-corrected chi connectivity index (χ4v) is 5.50. The summed E-state index contributed by atoms with van der Waals surface area (Å²) in [4.78, 5) is 26.6. The lowest BCUT2D eigenvalue weighted by atomic mass is 9.98. The zero-order valence-corrected chi connectivity index (χ0v) is 16.9. The lowest BCUT2D eigenvalue weighted by molar-refractivity contribution is -0.140. The van der Waals surface area contributed by atoms with Crippen molar-refractivity contribution >= 4 is 17.7 Å². The number of aromatic nitrogens is 1. The molecule has 2 aliphatic rings. The molecule has 1 N–H and O–H groups in total. The van der Waals surface area contributed by atoms with Crippen LogP contribution in [0.1, 0.15) is 36.4 Å². The van der Waals surface area contributed by atoms with Gasteiger partial charge in [-0.2, -0.15) is 13.2 Å². The molecule has 1 fully saturated rings. The van der Waals surface area contributed by atoms with Crippen LogP contribution < -0.4 is 5.56 Å². The smallest absolute Gasteiger partial charge is 0.416 e. The summed E-state index contributed by atoms with van der Waals surface area (Å²) in [5.74, 6) is -0.953. The molecule has 30 heavy (non-hydrogen) atoms. The number of rotatable bonds is 4. The summed E-state index contributed by atoms with van der Waals surface area (Å²) in [6.07, 6.45) is -1.27. The summed E-state index contributed by atoms with van der Waals surface area (Å²) < 4.78 is 41.2. The minimum Gasteiger partial charge on any atom is -0.480 e. The number of carboxylic acids is 1. The lowest BCUT2D eigenvalue weighted by Gasteiger charge is -2.28. The third-order valence-corrected chi connectivity index (χ3v) is 6.74. The minimum atomic E-state index is -4.49. The van der Waals surface area contributed by atoms with Crippen LogP contribution >= 0.6 is 11.8 Å². The molecule has 0 amide bonds. The van der Waals surface area contributed by atoms with Gasteiger partial charge in [-0.25, -0.2) is 4.79 Å². The van der Waals surface area contributed by atoms with Crippen molar-refractivity contribution in [3.05, 3.63) is 51.8 Å². The fourth-order valence-electron chi connectivity index (χ4n) is 4.14. The van der Waals surface area contributed by atoms with Crippen LogP contribution in [-0.4, -0.2) is 39.4 Å². The summed E-state index contributed by atoms with van der Waals surface area (Å²) in [6, 6.07) is 5.40. The van der Waals surface area contributed by atoms with Crippen molar-refractivity contribution in [2.75, 3.05) is 18.8 Å². The Hall–Kier alpha value is -2.26. The van der Waals surface area contributed by atoms with E-state index in [9.17, 15) is 27.9 Å². The van der Waals surface area contributed by atoms with E-state index in [-0.39, 0.29) is 5.75 Å². The lowest BCUT2D eigenvalue weighted by Crippen LogP contribution is -2.32. The van der Waals surface area contributed by atoms with Gasteiger partial charge in [0.1, 0.15) is 6.04 Å². The predicted octanol–water partition coefficient (Wildman–Crippen LogP) is 4.25. The van der Waals surface area contributed by atoms with Crippen LogP contribution in [0.3, 0.4) is 0 Å². The zero-order valence-electron chi connectivity index (χ0n) is 16.1. The summed E-state index contributed by atoms with van der Waals surface area (Å²) in [5, 5.41) is 9.93. The van der Waals surface area contributed by atoms with Crippen molar-refractivity contribution in [1.82, 2.24) is 9.47 Å². The topological polar surface area (TPSA) is 62.5 Å².